The van der Waals surface area contributed by atoms with E-state index in [-0.39, 0.29) is 11.9 Å². The Labute approximate surface area is 81.9 Å². The summed E-state index contributed by atoms with van der Waals surface area (Å²) in [5.41, 5.74) is 5.97. The van der Waals surface area contributed by atoms with Gasteiger partial charge in [0.25, 0.3) is 0 Å². The first-order valence-electron chi connectivity index (χ1n) is 4.01. The molecule has 0 bridgehead atoms. The van der Waals surface area contributed by atoms with Crippen molar-refractivity contribution in [3.8, 4) is 0 Å². The lowest BCUT2D eigenvalue weighted by molar-refractivity contribution is 0.542. The summed E-state index contributed by atoms with van der Waals surface area (Å²) in [6.07, 6.45) is 0. The number of halogens is 2. The monoisotopic (exact) mass is 202 g/mol. The maximum atomic E-state index is 13.2. The van der Waals surface area contributed by atoms with Crippen molar-refractivity contribution in [2.75, 3.05) is 13.6 Å². The van der Waals surface area contributed by atoms with Crippen LogP contribution in [0.5, 0.6) is 0 Å². The van der Waals surface area contributed by atoms with E-state index in [2.05, 4.69) is 5.32 Å². The summed E-state index contributed by atoms with van der Waals surface area (Å²) in [6, 6.07) is 4.27. The number of nitrogens with two attached hydrogens (primary N) is 1. The van der Waals surface area contributed by atoms with Gasteiger partial charge in [0.05, 0.1) is 0 Å². The zero-order valence-electron chi connectivity index (χ0n) is 7.35. The van der Waals surface area contributed by atoms with Crippen LogP contribution in [0.15, 0.2) is 18.2 Å². The second-order valence-electron chi connectivity index (χ2n) is 2.74. The minimum atomic E-state index is -0.283. The van der Waals surface area contributed by atoms with Gasteiger partial charge in [-0.2, -0.15) is 0 Å². The first kappa shape index (κ1) is 10.4. The molecule has 4 heteroatoms. The summed E-state index contributed by atoms with van der Waals surface area (Å²) >= 11 is 5.74. The van der Waals surface area contributed by atoms with Gasteiger partial charge < -0.3 is 11.1 Å². The molecule has 1 atom stereocenters. The Morgan fingerprint density at radius 2 is 2.31 bits per heavy atom. The molecule has 1 aromatic rings. The zero-order chi connectivity index (χ0) is 9.84. The highest BCUT2D eigenvalue weighted by Gasteiger charge is 2.12. The third-order valence-corrected chi connectivity index (χ3v) is 2.15. The smallest absolute Gasteiger partial charge is 0.128 e. The molecule has 0 fully saturated rings. The summed E-state index contributed by atoms with van der Waals surface area (Å²) in [5, 5.41) is 3.43. The van der Waals surface area contributed by atoms with Crippen LogP contribution in [-0.2, 0) is 0 Å². The molecule has 0 saturated carbocycles. The summed E-state index contributed by atoms with van der Waals surface area (Å²) in [5.74, 6) is -0.283. The molecule has 13 heavy (non-hydrogen) atoms. The normalized spacial score (nSPS) is 12.9. The van der Waals surface area contributed by atoms with Crippen molar-refractivity contribution in [2.45, 2.75) is 6.04 Å². The Kier molecular flexibility index (Phi) is 3.66. The van der Waals surface area contributed by atoms with Crippen LogP contribution in [0.1, 0.15) is 11.6 Å². The molecule has 1 rings (SSSR count). The predicted octanol–water partition coefficient (Wildman–Crippen LogP) is 1.70. The Bertz CT molecular complexity index is 287. The van der Waals surface area contributed by atoms with Crippen molar-refractivity contribution in [2.24, 2.45) is 5.73 Å². The molecule has 0 amide bonds. The molecule has 0 spiro atoms. The highest BCUT2D eigenvalue weighted by Crippen LogP contribution is 2.20. The molecule has 2 nitrogen and oxygen atoms in total. The molecular formula is C9H12ClFN2. The zero-order valence-corrected chi connectivity index (χ0v) is 8.11. The van der Waals surface area contributed by atoms with Gasteiger partial charge in [-0.15, -0.1) is 0 Å². The quantitative estimate of drug-likeness (QED) is 0.783. The average molecular weight is 203 g/mol. The van der Waals surface area contributed by atoms with Crippen LogP contribution in [0.3, 0.4) is 0 Å². The van der Waals surface area contributed by atoms with Crippen molar-refractivity contribution in [3.05, 3.63) is 34.6 Å². The van der Waals surface area contributed by atoms with E-state index < -0.39 is 0 Å². The van der Waals surface area contributed by atoms with E-state index in [0.717, 1.165) is 0 Å². The first-order valence-corrected chi connectivity index (χ1v) is 4.39. The van der Waals surface area contributed by atoms with Crippen LogP contribution in [0, 0.1) is 5.82 Å². The lowest BCUT2D eigenvalue weighted by Gasteiger charge is -2.14. The number of benzene rings is 1. The minimum absolute atomic E-state index is 0.182. The average Bonchev–Trinajstić information content (AvgIpc) is 2.13. The van der Waals surface area contributed by atoms with Gasteiger partial charge >= 0.3 is 0 Å². The Morgan fingerprint density at radius 3 is 2.85 bits per heavy atom. The summed E-state index contributed by atoms with van der Waals surface area (Å²) < 4.78 is 13.2. The van der Waals surface area contributed by atoms with Crippen molar-refractivity contribution < 1.29 is 4.39 Å². The molecule has 72 valence electrons. The van der Waals surface area contributed by atoms with Gasteiger partial charge in [-0.1, -0.05) is 11.6 Å². The third-order valence-electron chi connectivity index (χ3n) is 1.92. The molecular weight excluding hydrogens is 191 g/mol. The van der Waals surface area contributed by atoms with E-state index in [1.165, 1.54) is 12.1 Å². The third kappa shape index (κ3) is 2.40. The fourth-order valence-corrected chi connectivity index (χ4v) is 1.36. The summed E-state index contributed by atoms with van der Waals surface area (Å²) in [4.78, 5) is 0. The van der Waals surface area contributed by atoms with Gasteiger partial charge in [0, 0.05) is 23.2 Å². The van der Waals surface area contributed by atoms with Gasteiger partial charge in [0.1, 0.15) is 5.82 Å². The maximum Gasteiger partial charge on any atom is 0.128 e. The number of likely N-dealkylation sites (N-methyl/N-ethyl adjacent to an activating group) is 1. The van der Waals surface area contributed by atoms with Crippen molar-refractivity contribution >= 4 is 11.6 Å². The SMILES string of the molecule is CNC(CN)c1cc(Cl)ccc1F. The Morgan fingerprint density at radius 1 is 1.62 bits per heavy atom. The largest absolute Gasteiger partial charge is 0.329 e. The lowest BCUT2D eigenvalue weighted by Crippen LogP contribution is -2.25. The Hall–Kier alpha value is -0.640. The lowest BCUT2D eigenvalue weighted by atomic mass is 10.1. The molecule has 3 N–H and O–H groups in total. The van der Waals surface area contributed by atoms with Crippen LogP contribution in [-0.4, -0.2) is 13.6 Å². The van der Waals surface area contributed by atoms with Crippen molar-refractivity contribution in [1.29, 1.82) is 0 Å². The van der Waals surface area contributed by atoms with Crippen molar-refractivity contribution in [1.82, 2.24) is 5.32 Å². The highest BCUT2D eigenvalue weighted by atomic mass is 35.5. The second-order valence-corrected chi connectivity index (χ2v) is 3.18. The topological polar surface area (TPSA) is 38.0 Å². The van der Waals surface area contributed by atoms with E-state index in [0.29, 0.717) is 17.1 Å². The van der Waals surface area contributed by atoms with E-state index in [4.69, 9.17) is 17.3 Å². The number of nitrogens with one attached hydrogen (secondary N) is 1. The fraction of sp³-hybridized carbons (Fsp3) is 0.333. The van der Waals surface area contributed by atoms with Crippen molar-refractivity contribution in [3.63, 3.8) is 0 Å². The van der Waals surface area contributed by atoms with Crippen LogP contribution in [0.25, 0.3) is 0 Å². The molecule has 0 aromatic heterocycles. The molecule has 0 aliphatic rings. The van der Waals surface area contributed by atoms with Gasteiger partial charge in [-0.3, -0.25) is 0 Å². The van der Waals surface area contributed by atoms with Gasteiger partial charge in [0.15, 0.2) is 0 Å². The highest BCUT2D eigenvalue weighted by molar-refractivity contribution is 6.30. The fourth-order valence-electron chi connectivity index (χ4n) is 1.18. The summed E-state index contributed by atoms with van der Waals surface area (Å²) in [7, 11) is 1.73. The van der Waals surface area contributed by atoms with E-state index in [1.54, 1.807) is 13.1 Å². The number of hydrogen-bond donors (Lipinski definition) is 2. The van der Waals surface area contributed by atoms with Crippen LogP contribution >= 0.6 is 11.6 Å². The molecule has 0 aliphatic carbocycles. The van der Waals surface area contributed by atoms with Gasteiger partial charge in [0.2, 0.25) is 0 Å². The molecule has 0 radical (unpaired) electrons. The van der Waals surface area contributed by atoms with Crippen LogP contribution in [0.4, 0.5) is 4.39 Å². The Balaban J connectivity index is 3.03. The van der Waals surface area contributed by atoms with E-state index >= 15 is 0 Å². The van der Waals surface area contributed by atoms with Crippen LogP contribution < -0.4 is 11.1 Å². The molecule has 0 aliphatic heterocycles. The number of rotatable bonds is 3. The van der Waals surface area contributed by atoms with Gasteiger partial charge in [-0.05, 0) is 25.2 Å². The van der Waals surface area contributed by atoms with E-state index in [1.807, 2.05) is 0 Å². The standard InChI is InChI=1S/C9H12ClFN2/c1-13-9(5-12)7-4-6(10)2-3-8(7)11/h2-4,9,13H,5,12H2,1H3. The predicted molar refractivity (Wildman–Crippen MR) is 52.3 cm³/mol. The molecule has 0 saturated heterocycles. The maximum absolute atomic E-state index is 13.2. The second kappa shape index (κ2) is 4.56. The molecule has 1 unspecified atom stereocenters. The van der Waals surface area contributed by atoms with Crippen LogP contribution in [0.2, 0.25) is 5.02 Å². The van der Waals surface area contributed by atoms with Gasteiger partial charge in [-0.25, -0.2) is 4.39 Å². The molecule has 1 aromatic carbocycles. The molecule has 0 heterocycles. The number of hydrogen-bond acceptors (Lipinski definition) is 2. The van der Waals surface area contributed by atoms with E-state index in [9.17, 15) is 4.39 Å². The summed E-state index contributed by atoms with van der Waals surface area (Å²) in [6.45, 7) is 0.341. The minimum Gasteiger partial charge on any atom is -0.329 e. The first-order chi connectivity index (χ1) is 6.19.